The number of carboxylic acids is 1. The quantitative estimate of drug-likeness (QED) is 0.871. The van der Waals surface area contributed by atoms with Gasteiger partial charge >= 0.3 is 5.97 Å². The maximum Gasteiger partial charge on any atom is 0.329 e. The Morgan fingerprint density at radius 2 is 1.89 bits per heavy atom. The van der Waals surface area contributed by atoms with E-state index in [1.54, 1.807) is 0 Å². The second-order valence-electron chi connectivity index (χ2n) is 6.21. The summed E-state index contributed by atoms with van der Waals surface area (Å²) < 4.78 is 0.992. The molecule has 1 unspecified atom stereocenters. The van der Waals surface area contributed by atoms with Crippen LogP contribution in [0.3, 0.4) is 0 Å². The van der Waals surface area contributed by atoms with E-state index < -0.39 is 11.5 Å². The molecule has 0 bridgehead atoms. The van der Waals surface area contributed by atoms with Crippen LogP contribution in [0.5, 0.6) is 0 Å². The van der Waals surface area contributed by atoms with Crippen LogP contribution in [-0.4, -0.2) is 16.6 Å². The average molecular weight is 326 g/mol. The van der Waals surface area contributed by atoms with Gasteiger partial charge in [0.15, 0.2) is 0 Å². The largest absolute Gasteiger partial charge is 0.480 e. The summed E-state index contributed by atoms with van der Waals surface area (Å²) >= 11 is 3.39. The summed E-state index contributed by atoms with van der Waals surface area (Å²) in [6.45, 7) is 4.29. The van der Waals surface area contributed by atoms with Gasteiger partial charge in [-0.2, -0.15) is 0 Å². The van der Waals surface area contributed by atoms with Gasteiger partial charge < -0.3 is 10.4 Å². The Labute approximate surface area is 122 Å². The highest BCUT2D eigenvalue weighted by Gasteiger charge is 2.45. The molecule has 0 spiro atoms. The van der Waals surface area contributed by atoms with E-state index in [2.05, 4.69) is 35.1 Å². The van der Waals surface area contributed by atoms with Crippen molar-refractivity contribution < 1.29 is 9.90 Å². The van der Waals surface area contributed by atoms with E-state index in [1.807, 2.05) is 24.3 Å². The van der Waals surface area contributed by atoms with Gasteiger partial charge in [-0.25, -0.2) is 4.79 Å². The van der Waals surface area contributed by atoms with E-state index in [4.69, 9.17) is 0 Å². The number of anilines is 1. The van der Waals surface area contributed by atoms with Gasteiger partial charge in [-0.1, -0.05) is 29.8 Å². The number of aliphatic carboxylic acids is 1. The Hall–Kier alpha value is -1.03. The summed E-state index contributed by atoms with van der Waals surface area (Å²) in [5.41, 5.74) is 0.0949. The minimum Gasteiger partial charge on any atom is -0.480 e. The molecular weight excluding hydrogens is 306 g/mol. The number of hydrogen-bond acceptors (Lipinski definition) is 2. The van der Waals surface area contributed by atoms with E-state index in [0.717, 1.165) is 23.0 Å². The molecule has 1 aliphatic rings. The molecule has 2 N–H and O–H groups in total. The lowest BCUT2D eigenvalue weighted by Gasteiger charge is -2.43. The lowest BCUT2D eigenvalue weighted by atomic mass is 9.68. The van der Waals surface area contributed by atoms with Crippen molar-refractivity contribution in [3.05, 3.63) is 28.7 Å². The normalized spacial score (nSPS) is 25.8. The van der Waals surface area contributed by atoms with Gasteiger partial charge in [0, 0.05) is 10.2 Å². The second kappa shape index (κ2) is 5.16. The first-order chi connectivity index (χ1) is 8.83. The lowest BCUT2D eigenvalue weighted by molar-refractivity contribution is -0.145. The van der Waals surface area contributed by atoms with Gasteiger partial charge in [0.05, 0.1) is 0 Å². The van der Waals surface area contributed by atoms with Gasteiger partial charge in [-0.3, -0.25) is 0 Å². The van der Waals surface area contributed by atoms with Crippen molar-refractivity contribution in [1.29, 1.82) is 0 Å². The fourth-order valence-electron chi connectivity index (χ4n) is 3.01. The Morgan fingerprint density at radius 3 is 2.42 bits per heavy atom. The third kappa shape index (κ3) is 3.30. The minimum absolute atomic E-state index is 0.0685. The van der Waals surface area contributed by atoms with E-state index in [9.17, 15) is 9.90 Å². The molecule has 0 amide bonds. The van der Waals surface area contributed by atoms with Gasteiger partial charge in [-0.15, -0.1) is 0 Å². The van der Waals surface area contributed by atoms with Crippen molar-refractivity contribution in [1.82, 2.24) is 0 Å². The molecule has 0 radical (unpaired) electrons. The van der Waals surface area contributed by atoms with Crippen LogP contribution in [0, 0.1) is 5.41 Å². The molecule has 1 fully saturated rings. The highest BCUT2D eigenvalue weighted by molar-refractivity contribution is 9.10. The zero-order chi connectivity index (χ0) is 14.1. The summed E-state index contributed by atoms with van der Waals surface area (Å²) in [6, 6.07) is 7.67. The molecule has 0 heterocycles. The molecule has 1 aromatic rings. The van der Waals surface area contributed by atoms with Crippen molar-refractivity contribution in [2.45, 2.75) is 45.1 Å². The molecule has 0 aromatic heterocycles. The highest BCUT2D eigenvalue weighted by Crippen LogP contribution is 2.42. The maximum absolute atomic E-state index is 11.8. The van der Waals surface area contributed by atoms with Crippen LogP contribution in [0.25, 0.3) is 0 Å². The molecule has 1 saturated carbocycles. The summed E-state index contributed by atoms with van der Waals surface area (Å²) in [5.74, 6) is -0.747. The first-order valence-corrected chi connectivity index (χ1v) is 7.40. The van der Waals surface area contributed by atoms with Gasteiger partial charge in [0.1, 0.15) is 5.54 Å². The molecule has 2 rings (SSSR count). The molecule has 1 aliphatic carbocycles. The molecule has 104 valence electrons. The first kappa shape index (κ1) is 14.4. The first-order valence-electron chi connectivity index (χ1n) is 6.60. The summed E-state index contributed by atoms with van der Waals surface area (Å²) in [5, 5.41) is 12.9. The standard InChI is InChI=1S/C15H20BrNO2/c1-14(2)8-3-9-15(10-14,13(18)19)17-12-6-4-11(16)5-7-12/h4-7,17H,3,8-10H2,1-2H3,(H,18,19). The van der Waals surface area contributed by atoms with Crippen LogP contribution < -0.4 is 5.32 Å². The number of carboxylic acid groups (broad SMARTS) is 1. The van der Waals surface area contributed by atoms with Crippen LogP contribution in [0.4, 0.5) is 5.69 Å². The molecule has 19 heavy (non-hydrogen) atoms. The van der Waals surface area contributed by atoms with E-state index in [-0.39, 0.29) is 5.41 Å². The zero-order valence-corrected chi connectivity index (χ0v) is 13.0. The number of hydrogen-bond donors (Lipinski definition) is 2. The smallest absolute Gasteiger partial charge is 0.329 e. The van der Waals surface area contributed by atoms with E-state index >= 15 is 0 Å². The van der Waals surface area contributed by atoms with Crippen LogP contribution >= 0.6 is 15.9 Å². The Balaban J connectivity index is 2.25. The van der Waals surface area contributed by atoms with E-state index in [1.165, 1.54) is 0 Å². The molecule has 1 atom stereocenters. The van der Waals surface area contributed by atoms with Crippen LogP contribution in [0.15, 0.2) is 28.7 Å². The molecule has 0 saturated heterocycles. The Kier molecular flexibility index (Phi) is 3.90. The molecule has 3 nitrogen and oxygen atoms in total. The summed E-state index contributed by atoms with van der Waals surface area (Å²) in [6.07, 6.45) is 3.38. The topological polar surface area (TPSA) is 49.3 Å². The van der Waals surface area contributed by atoms with Gasteiger partial charge in [0.2, 0.25) is 0 Å². The zero-order valence-electron chi connectivity index (χ0n) is 11.4. The van der Waals surface area contributed by atoms with Gasteiger partial charge in [0.25, 0.3) is 0 Å². The fraction of sp³-hybridized carbons (Fsp3) is 0.533. The third-order valence-electron chi connectivity index (χ3n) is 3.87. The molecule has 0 aliphatic heterocycles. The third-order valence-corrected chi connectivity index (χ3v) is 4.40. The minimum atomic E-state index is -0.838. The van der Waals surface area contributed by atoms with Crippen molar-refractivity contribution in [3.63, 3.8) is 0 Å². The lowest BCUT2D eigenvalue weighted by Crippen LogP contribution is -2.51. The van der Waals surface area contributed by atoms with E-state index in [0.29, 0.717) is 12.8 Å². The van der Waals surface area contributed by atoms with Crippen molar-refractivity contribution in [2.24, 2.45) is 5.41 Å². The van der Waals surface area contributed by atoms with Crippen LogP contribution in [-0.2, 0) is 4.79 Å². The predicted octanol–water partition coefficient (Wildman–Crippen LogP) is 4.28. The highest BCUT2D eigenvalue weighted by atomic mass is 79.9. The van der Waals surface area contributed by atoms with Crippen LogP contribution in [0.2, 0.25) is 0 Å². The SMILES string of the molecule is CC1(C)CCCC(Nc2ccc(Br)cc2)(C(=O)O)C1. The van der Waals surface area contributed by atoms with Gasteiger partial charge in [-0.05, 0) is 55.4 Å². The molecule has 1 aromatic carbocycles. The average Bonchev–Trinajstić information content (AvgIpc) is 2.31. The number of nitrogens with one attached hydrogen (secondary N) is 1. The second-order valence-corrected chi connectivity index (χ2v) is 7.13. The molecule has 4 heteroatoms. The Morgan fingerprint density at radius 1 is 1.26 bits per heavy atom. The number of halogens is 1. The van der Waals surface area contributed by atoms with Crippen molar-refractivity contribution in [2.75, 3.05) is 5.32 Å². The monoisotopic (exact) mass is 325 g/mol. The Bertz CT molecular complexity index is 470. The number of benzene rings is 1. The van der Waals surface area contributed by atoms with Crippen LogP contribution in [0.1, 0.15) is 39.5 Å². The summed E-state index contributed by atoms with van der Waals surface area (Å²) in [7, 11) is 0. The fourth-order valence-corrected chi connectivity index (χ4v) is 3.28. The molecular formula is C15H20BrNO2. The maximum atomic E-state index is 11.8. The number of rotatable bonds is 3. The summed E-state index contributed by atoms with van der Waals surface area (Å²) in [4.78, 5) is 11.8. The van der Waals surface area contributed by atoms with Crippen molar-refractivity contribution >= 4 is 27.6 Å². The number of carbonyl (C=O) groups is 1. The predicted molar refractivity (Wildman–Crippen MR) is 80.4 cm³/mol. The van der Waals surface area contributed by atoms with Crippen molar-refractivity contribution in [3.8, 4) is 0 Å².